The molecule has 2 N–H and O–H groups in total. The van der Waals surface area contributed by atoms with Crippen LogP contribution in [0.2, 0.25) is 0 Å². The molecule has 2 heterocycles. The average molecular weight is 316 g/mol. The fourth-order valence-electron chi connectivity index (χ4n) is 1.70. The maximum Gasteiger partial charge on any atom is 0.242 e. The standard InChI is InChI=1S/C11H16N4O3S2/c1-7-10(4-9(19-7)5-12-3)20(16,17)13-6-11-14-8(2)15-18-11/h4,12-13H,5-6H2,1-3H3. The zero-order valence-electron chi connectivity index (χ0n) is 11.4. The molecular formula is C11H16N4O3S2. The molecule has 0 bridgehead atoms. The molecule has 0 atom stereocenters. The van der Waals surface area contributed by atoms with Crippen molar-refractivity contribution in [3.63, 3.8) is 0 Å². The summed E-state index contributed by atoms with van der Waals surface area (Å²) in [6.45, 7) is 4.09. The van der Waals surface area contributed by atoms with Crippen molar-refractivity contribution in [2.45, 2.75) is 31.8 Å². The normalized spacial score (nSPS) is 11.9. The molecule has 0 aliphatic carbocycles. The highest BCUT2D eigenvalue weighted by molar-refractivity contribution is 7.89. The predicted molar refractivity (Wildman–Crippen MR) is 74.9 cm³/mol. The maximum absolute atomic E-state index is 12.2. The lowest BCUT2D eigenvalue weighted by Gasteiger charge is -2.03. The summed E-state index contributed by atoms with van der Waals surface area (Å²) in [5.41, 5.74) is 0. The molecule has 2 rings (SSSR count). The van der Waals surface area contributed by atoms with E-state index in [-0.39, 0.29) is 12.4 Å². The van der Waals surface area contributed by atoms with Crippen LogP contribution in [0, 0.1) is 13.8 Å². The fraction of sp³-hybridized carbons (Fsp3) is 0.455. The highest BCUT2D eigenvalue weighted by Gasteiger charge is 2.20. The molecule has 0 fully saturated rings. The average Bonchev–Trinajstić information content (AvgIpc) is 2.94. The van der Waals surface area contributed by atoms with Crippen LogP contribution in [-0.2, 0) is 23.1 Å². The predicted octanol–water partition coefficient (Wildman–Crippen LogP) is 0.946. The van der Waals surface area contributed by atoms with Crippen LogP contribution < -0.4 is 10.0 Å². The van der Waals surface area contributed by atoms with Gasteiger partial charge in [-0.3, -0.25) is 0 Å². The monoisotopic (exact) mass is 316 g/mol. The van der Waals surface area contributed by atoms with Gasteiger partial charge >= 0.3 is 0 Å². The lowest BCUT2D eigenvalue weighted by molar-refractivity contribution is 0.372. The second kappa shape index (κ2) is 6.00. The molecular weight excluding hydrogens is 300 g/mol. The molecule has 0 amide bonds. The van der Waals surface area contributed by atoms with Crippen molar-refractivity contribution in [1.82, 2.24) is 20.2 Å². The second-order valence-corrected chi connectivity index (χ2v) is 7.30. The Bertz CT molecular complexity index is 690. The van der Waals surface area contributed by atoms with E-state index in [1.807, 2.05) is 7.05 Å². The highest BCUT2D eigenvalue weighted by atomic mass is 32.2. The molecule has 0 aliphatic heterocycles. The molecule has 0 aliphatic rings. The number of nitrogens with zero attached hydrogens (tertiary/aromatic N) is 2. The smallest absolute Gasteiger partial charge is 0.242 e. The van der Waals surface area contributed by atoms with Crippen molar-refractivity contribution < 1.29 is 12.9 Å². The van der Waals surface area contributed by atoms with Crippen LogP contribution in [0.1, 0.15) is 21.5 Å². The lowest BCUT2D eigenvalue weighted by atomic mass is 10.4. The van der Waals surface area contributed by atoms with Crippen molar-refractivity contribution in [1.29, 1.82) is 0 Å². The molecule has 2 aromatic rings. The third kappa shape index (κ3) is 3.42. The molecule has 0 spiro atoms. The Morgan fingerprint density at radius 1 is 1.35 bits per heavy atom. The van der Waals surface area contributed by atoms with Crippen molar-refractivity contribution in [3.05, 3.63) is 27.5 Å². The summed E-state index contributed by atoms with van der Waals surface area (Å²) in [6.07, 6.45) is 0. The third-order valence-corrected chi connectivity index (χ3v) is 5.25. The fourth-order valence-corrected chi connectivity index (χ4v) is 4.32. The summed E-state index contributed by atoms with van der Waals surface area (Å²) in [4.78, 5) is 5.97. The molecule has 0 saturated heterocycles. The van der Waals surface area contributed by atoms with Crippen LogP contribution in [0.5, 0.6) is 0 Å². The molecule has 7 nitrogen and oxygen atoms in total. The number of aromatic nitrogens is 2. The van der Waals surface area contributed by atoms with Crippen molar-refractivity contribution in [3.8, 4) is 0 Å². The second-order valence-electron chi connectivity index (χ2n) is 4.22. The largest absolute Gasteiger partial charge is 0.338 e. The molecule has 0 aromatic carbocycles. The zero-order valence-corrected chi connectivity index (χ0v) is 13.1. The highest BCUT2D eigenvalue weighted by Crippen LogP contribution is 2.25. The van der Waals surface area contributed by atoms with Gasteiger partial charge in [-0.05, 0) is 27.0 Å². The minimum Gasteiger partial charge on any atom is -0.338 e. The van der Waals surface area contributed by atoms with Crippen LogP contribution in [0.25, 0.3) is 0 Å². The van der Waals surface area contributed by atoms with Crippen LogP contribution in [-0.4, -0.2) is 25.6 Å². The van der Waals surface area contributed by atoms with E-state index < -0.39 is 10.0 Å². The van der Waals surface area contributed by atoms with E-state index in [0.717, 1.165) is 9.75 Å². The number of sulfonamides is 1. The maximum atomic E-state index is 12.2. The first-order valence-corrected chi connectivity index (χ1v) is 8.25. The number of hydrogen-bond acceptors (Lipinski definition) is 7. The van der Waals surface area contributed by atoms with Gasteiger partial charge < -0.3 is 9.84 Å². The summed E-state index contributed by atoms with van der Waals surface area (Å²) in [5.74, 6) is 0.719. The summed E-state index contributed by atoms with van der Waals surface area (Å²) < 4.78 is 31.8. The number of rotatable bonds is 6. The van der Waals surface area contributed by atoms with E-state index in [9.17, 15) is 8.42 Å². The molecule has 2 aromatic heterocycles. The zero-order chi connectivity index (χ0) is 14.8. The summed E-state index contributed by atoms with van der Waals surface area (Å²) in [5, 5.41) is 6.61. The van der Waals surface area contributed by atoms with Gasteiger partial charge in [0.2, 0.25) is 15.9 Å². The third-order valence-electron chi connectivity index (χ3n) is 2.55. The molecule has 9 heteroatoms. The Kier molecular flexibility index (Phi) is 4.53. The molecule has 0 saturated carbocycles. The summed E-state index contributed by atoms with van der Waals surface area (Å²) in [6, 6.07) is 1.68. The quantitative estimate of drug-likeness (QED) is 0.823. The van der Waals surface area contributed by atoms with Gasteiger partial charge in [0, 0.05) is 16.3 Å². The first-order valence-electron chi connectivity index (χ1n) is 5.95. The van der Waals surface area contributed by atoms with Gasteiger partial charge in [0.05, 0.1) is 11.4 Å². The number of aryl methyl sites for hydroxylation is 2. The Morgan fingerprint density at radius 2 is 2.10 bits per heavy atom. The topological polar surface area (TPSA) is 97.1 Å². The van der Waals surface area contributed by atoms with E-state index in [4.69, 9.17) is 4.52 Å². The van der Waals surface area contributed by atoms with E-state index >= 15 is 0 Å². The van der Waals surface area contributed by atoms with Gasteiger partial charge in [0.25, 0.3) is 0 Å². The Morgan fingerprint density at radius 3 is 2.70 bits per heavy atom. The van der Waals surface area contributed by atoms with Crippen LogP contribution >= 0.6 is 11.3 Å². The lowest BCUT2D eigenvalue weighted by Crippen LogP contribution is -2.23. The Balaban J connectivity index is 2.13. The van der Waals surface area contributed by atoms with Crippen LogP contribution in [0.3, 0.4) is 0 Å². The number of nitrogens with one attached hydrogen (secondary N) is 2. The van der Waals surface area contributed by atoms with Gasteiger partial charge in [-0.15, -0.1) is 11.3 Å². The van der Waals surface area contributed by atoms with E-state index in [1.54, 1.807) is 19.9 Å². The molecule has 20 heavy (non-hydrogen) atoms. The van der Waals surface area contributed by atoms with Gasteiger partial charge in [0.15, 0.2) is 5.82 Å². The van der Waals surface area contributed by atoms with E-state index in [2.05, 4.69) is 20.2 Å². The molecule has 0 radical (unpaired) electrons. The molecule has 0 unspecified atom stereocenters. The number of thiophene rings is 1. The molecule has 110 valence electrons. The first kappa shape index (κ1) is 15.1. The van der Waals surface area contributed by atoms with Crippen molar-refractivity contribution >= 4 is 21.4 Å². The van der Waals surface area contributed by atoms with Gasteiger partial charge in [-0.1, -0.05) is 5.16 Å². The Hall–Kier alpha value is -1.29. The minimum atomic E-state index is -3.57. The van der Waals surface area contributed by atoms with Crippen LogP contribution in [0.15, 0.2) is 15.5 Å². The number of hydrogen-bond donors (Lipinski definition) is 2. The van der Waals surface area contributed by atoms with E-state index in [1.165, 1.54) is 11.3 Å². The van der Waals surface area contributed by atoms with Gasteiger partial charge in [-0.2, -0.15) is 4.98 Å². The van der Waals surface area contributed by atoms with Crippen LogP contribution in [0.4, 0.5) is 0 Å². The van der Waals surface area contributed by atoms with E-state index in [0.29, 0.717) is 17.3 Å². The summed E-state index contributed by atoms with van der Waals surface area (Å²) >= 11 is 1.46. The minimum absolute atomic E-state index is 0.0141. The van der Waals surface area contributed by atoms with Gasteiger partial charge in [0.1, 0.15) is 0 Å². The van der Waals surface area contributed by atoms with Crippen molar-refractivity contribution in [2.24, 2.45) is 0 Å². The summed E-state index contributed by atoms with van der Waals surface area (Å²) in [7, 11) is -1.75. The Labute approximate surface area is 121 Å². The van der Waals surface area contributed by atoms with Crippen molar-refractivity contribution in [2.75, 3.05) is 7.05 Å². The van der Waals surface area contributed by atoms with Gasteiger partial charge in [-0.25, -0.2) is 13.1 Å². The first-order chi connectivity index (χ1) is 9.42. The SMILES string of the molecule is CNCc1cc(S(=O)(=O)NCc2nc(C)no2)c(C)s1.